The maximum absolute atomic E-state index is 12.7. The van der Waals surface area contributed by atoms with E-state index in [-0.39, 0.29) is 54.3 Å². The van der Waals surface area contributed by atoms with E-state index in [0.717, 1.165) is 33.4 Å². The molecule has 0 aliphatic heterocycles. The molecule has 0 saturated carbocycles. The van der Waals surface area contributed by atoms with E-state index in [2.05, 4.69) is 0 Å². The van der Waals surface area contributed by atoms with Gasteiger partial charge < -0.3 is 24.8 Å². The average molecular weight is 641 g/mol. The standard InChI is InChI=1S/C39H60O7/c1-35(2,3)27-18-25(19-28(33(27)43)36(4,5)6)14-16-31(41)45-23-39(13,22-40)24-46-32(42)17-15-26-20-29(37(7,8)9)34(44)30(21-26)38(10,11)12/h18-21,40,43-44H,14-17,22-24H2,1-13H3. The number of hydrogen-bond donors (Lipinski definition) is 3. The number of carbonyl (C=O) groups is 2. The van der Waals surface area contributed by atoms with Gasteiger partial charge in [-0.25, -0.2) is 0 Å². The topological polar surface area (TPSA) is 113 Å². The lowest BCUT2D eigenvalue weighted by molar-refractivity contribution is -0.155. The fourth-order valence-corrected chi connectivity index (χ4v) is 5.24. The van der Waals surface area contributed by atoms with Gasteiger partial charge in [0, 0.05) is 12.8 Å². The molecule has 0 unspecified atom stereocenters. The molecule has 258 valence electrons. The lowest BCUT2D eigenvalue weighted by atomic mass is 9.78. The molecule has 0 saturated heterocycles. The number of aromatic hydroxyl groups is 2. The number of ether oxygens (including phenoxy) is 2. The summed E-state index contributed by atoms with van der Waals surface area (Å²) in [4.78, 5) is 25.5. The Bertz CT molecular complexity index is 1200. The number of aliphatic hydroxyl groups excluding tert-OH is 1. The Labute approximate surface area is 277 Å². The molecule has 0 heterocycles. The van der Waals surface area contributed by atoms with Crippen LogP contribution in [0, 0.1) is 5.41 Å². The zero-order valence-corrected chi connectivity index (χ0v) is 30.7. The lowest BCUT2D eigenvalue weighted by Crippen LogP contribution is -2.35. The summed E-state index contributed by atoms with van der Waals surface area (Å²) in [6.45, 7) is 25.8. The van der Waals surface area contributed by atoms with Gasteiger partial charge in [-0.3, -0.25) is 9.59 Å². The van der Waals surface area contributed by atoms with Crippen LogP contribution in [0.25, 0.3) is 0 Å². The smallest absolute Gasteiger partial charge is 0.306 e. The normalized spacial score (nSPS) is 13.1. The Kier molecular flexibility index (Phi) is 12.2. The van der Waals surface area contributed by atoms with Gasteiger partial charge in [0.05, 0.1) is 12.0 Å². The minimum absolute atomic E-state index is 0.0898. The van der Waals surface area contributed by atoms with Crippen molar-refractivity contribution in [1.29, 1.82) is 0 Å². The summed E-state index contributed by atoms with van der Waals surface area (Å²) in [6, 6.07) is 7.84. The van der Waals surface area contributed by atoms with Crippen LogP contribution in [-0.2, 0) is 53.6 Å². The Morgan fingerprint density at radius 1 is 0.543 bits per heavy atom. The van der Waals surface area contributed by atoms with E-state index < -0.39 is 17.4 Å². The molecule has 2 aromatic rings. The Morgan fingerprint density at radius 3 is 1.02 bits per heavy atom. The molecule has 0 radical (unpaired) electrons. The highest BCUT2D eigenvalue weighted by Crippen LogP contribution is 2.41. The molecule has 0 atom stereocenters. The number of phenols is 2. The lowest BCUT2D eigenvalue weighted by Gasteiger charge is -2.28. The maximum Gasteiger partial charge on any atom is 0.306 e. The summed E-state index contributed by atoms with van der Waals surface area (Å²) in [6.07, 6.45) is 1.17. The second-order valence-corrected chi connectivity index (χ2v) is 17.4. The number of phenolic OH excluding ortho intramolecular Hbond substituents is 2. The van der Waals surface area contributed by atoms with Crippen LogP contribution in [-0.4, -0.2) is 47.1 Å². The van der Waals surface area contributed by atoms with Crippen LogP contribution in [0.5, 0.6) is 11.5 Å². The number of carbonyl (C=O) groups excluding carboxylic acids is 2. The van der Waals surface area contributed by atoms with Crippen LogP contribution >= 0.6 is 0 Å². The SMILES string of the molecule is CC(CO)(COC(=O)CCc1cc(C(C)(C)C)c(O)c(C(C)(C)C)c1)COC(=O)CCc1cc(C(C)(C)C)c(O)c(C(C)(C)C)c1. The molecule has 0 bridgehead atoms. The van der Waals surface area contributed by atoms with Crippen LogP contribution in [0.3, 0.4) is 0 Å². The first-order chi connectivity index (χ1) is 20.8. The summed E-state index contributed by atoms with van der Waals surface area (Å²) < 4.78 is 11.1. The number of hydrogen-bond acceptors (Lipinski definition) is 7. The van der Waals surface area contributed by atoms with Crippen molar-refractivity contribution in [2.45, 2.75) is 137 Å². The second-order valence-electron chi connectivity index (χ2n) is 17.4. The molecule has 7 heteroatoms. The minimum Gasteiger partial charge on any atom is -0.507 e. The Morgan fingerprint density at radius 2 is 0.804 bits per heavy atom. The van der Waals surface area contributed by atoms with E-state index in [1.54, 1.807) is 6.92 Å². The molecule has 0 spiro atoms. The van der Waals surface area contributed by atoms with Crippen LogP contribution in [0.2, 0.25) is 0 Å². The van der Waals surface area contributed by atoms with Gasteiger partial charge in [0.15, 0.2) is 0 Å². The van der Waals surface area contributed by atoms with E-state index in [4.69, 9.17) is 9.47 Å². The number of aliphatic hydroxyl groups is 1. The van der Waals surface area contributed by atoms with Gasteiger partial charge in [-0.2, -0.15) is 0 Å². The van der Waals surface area contributed by atoms with E-state index in [1.807, 2.05) is 107 Å². The first-order valence-electron chi connectivity index (χ1n) is 16.4. The highest BCUT2D eigenvalue weighted by molar-refractivity contribution is 5.70. The summed E-state index contributed by atoms with van der Waals surface area (Å²) in [5.74, 6) is -0.227. The van der Waals surface area contributed by atoms with Crippen molar-refractivity contribution in [1.82, 2.24) is 0 Å². The van der Waals surface area contributed by atoms with Crippen molar-refractivity contribution in [3.63, 3.8) is 0 Å². The van der Waals surface area contributed by atoms with E-state index in [0.29, 0.717) is 24.3 Å². The molecule has 0 aliphatic carbocycles. The molecule has 46 heavy (non-hydrogen) atoms. The fourth-order valence-electron chi connectivity index (χ4n) is 5.24. The van der Waals surface area contributed by atoms with Crippen LogP contribution in [0.15, 0.2) is 24.3 Å². The molecule has 0 aliphatic rings. The van der Waals surface area contributed by atoms with E-state index >= 15 is 0 Å². The highest BCUT2D eigenvalue weighted by Gasteiger charge is 2.30. The third-order valence-electron chi connectivity index (χ3n) is 8.35. The Balaban J connectivity index is 2.01. The molecular formula is C39H60O7. The number of aryl methyl sites for hydroxylation is 2. The fraction of sp³-hybridized carbons (Fsp3) is 0.641. The minimum atomic E-state index is -0.944. The third kappa shape index (κ3) is 10.8. The molecule has 0 fully saturated rings. The first kappa shape index (κ1) is 39.1. The molecule has 2 aromatic carbocycles. The number of rotatable bonds is 11. The van der Waals surface area contributed by atoms with Crippen molar-refractivity contribution in [3.8, 4) is 11.5 Å². The van der Waals surface area contributed by atoms with Gasteiger partial charge in [0.25, 0.3) is 0 Å². The number of benzene rings is 2. The monoisotopic (exact) mass is 640 g/mol. The van der Waals surface area contributed by atoms with Crippen molar-refractivity contribution in [3.05, 3.63) is 57.6 Å². The van der Waals surface area contributed by atoms with E-state index in [9.17, 15) is 24.9 Å². The quantitative estimate of drug-likeness (QED) is 0.214. The molecule has 2 rings (SSSR count). The third-order valence-corrected chi connectivity index (χ3v) is 8.35. The Hall–Kier alpha value is -3.06. The van der Waals surface area contributed by atoms with Gasteiger partial charge in [-0.05, 0) is 67.9 Å². The van der Waals surface area contributed by atoms with Crippen molar-refractivity contribution in [2.75, 3.05) is 19.8 Å². The molecule has 3 N–H and O–H groups in total. The summed E-state index contributed by atoms with van der Waals surface area (Å²) in [7, 11) is 0. The van der Waals surface area contributed by atoms with Crippen molar-refractivity contribution >= 4 is 11.9 Å². The van der Waals surface area contributed by atoms with Gasteiger partial charge >= 0.3 is 11.9 Å². The van der Waals surface area contributed by atoms with Gasteiger partial charge in [0.1, 0.15) is 24.7 Å². The molecule has 7 nitrogen and oxygen atoms in total. The van der Waals surface area contributed by atoms with Crippen molar-refractivity contribution in [2.24, 2.45) is 5.41 Å². The first-order valence-corrected chi connectivity index (χ1v) is 16.4. The van der Waals surface area contributed by atoms with Gasteiger partial charge in [0.2, 0.25) is 0 Å². The van der Waals surface area contributed by atoms with Gasteiger partial charge in [-0.15, -0.1) is 0 Å². The molecule has 0 aromatic heterocycles. The zero-order chi connectivity index (χ0) is 35.5. The van der Waals surface area contributed by atoms with E-state index in [1.165, 1.54) is 0 Å². The van der Waals surface area contributed by atoms with Crippen LogP contribution < -0.4 is 0 Å². The predicted molar refractivity (Wildman–Crippen MR) is 185 cm³/mol. The summed E-state index contributed by atoms with van der Waals surface area (Å²) in [5, 5.41) is 32.0. The van der Waals surface area contributed by atoms with Crippen LogP contribution in [0.1, 0.15) is 136 Å². The molecular weight excluding hydrogens is 580 g/mol. The number of esters is 2. The van der Waals surface area contributed by atoms with Gasteiger partial charge in [-0.1, -0.05) is 114 Å². The maximum atomic E-state index is 12.7. The largest absolute Gasteiger partial charge is 0.507 e. The highest BCUT2D eigenvalue weighted by atomic mass is 16.5. The average Bonchev–Trinajstić information content (AvgIpc) is 2.91. The van der Waals surface area contributed by atoms with Crippen LogP contribution in [0.4, 0.5) is 0 Å². The second kappa shape index (κ2) is 14.4. The molecule has 0 amide bonds. The van der Waals surface area contributed by atoms with Crippen molar-refractivity contribution < 1.29 is 34.4 Å². The summed E-state index contributed by atoms with van der Waals surface area (Å²) in [5.41, 5.74) is 3.24. The zero-order valence-electron chi connectivity index (χ0n) is 30.7. The summed E-state index contributed by atoms with van der Waals surface area (Å²) >= 11 is 0. The predicted octanol–water partition coefficient (Wildman–Crippen LogP) is 7.94.